The first-order chi connectivity index (χ1) is 19.6. The number of aromatic amines is 1. The minimum atomic E-state index is -1.31. The van der Waals surface area contributed by atoms with Crippen molar-refractivity contribution in [3.05, 3.63) is 71.9 Å². The molecule has 3 aromatic rings. The molecule has 1 aromatic heterocycles. The first-order valence-electron chi connectivity index (χ1n) is 13.0. The Morgan fingerprint density at radius 1 is 0.829 bits per heavy atom. The maximum atomic E-state index is 13.5. The topological polar surface area (TPSA) is 209 Å². The van der Waals surface area contributed by atoms with Gasteiger partial charge in [0, 0.05) is 42.1 Å². The average molecular weight is 583 g/mol. The number of hydrogen-bond acceptors (Lipinski definition) is 7. The van der Waals surface area contributed by atoms with E-state index in [0.717, 1.165) is 16.5 Å². The van der Waals surface area contributed by atoms with E-state index in [1.54, 1.807) is 36.5 Å². The lowest BCUT2D eigenvalue weighted by Gasteiger charge is -2.25. The van der Waals surface area contributed by atoms with Gasteiger partial charge in [-0.15, -0.1) is 0 Å². The zero-order valence-corrected chi connectivity index (χ0v) is 23.1. The van der Waals surface area contributed by atoms with Crippen molar-refractivity contribution in [2.75, 3.05) is 5.75 Å². The minimum Gasteiger partial charge on any atom is -0.480 e. The van der Waals surface area contributed by atoms with Crippen molar-refractivity contribution in [2.24, 2.45) is 11.5 Å². The summed E-state index contributed by atoms with van der Waals surface area (Å²) in [4.78, 5) is 65.9. The highest BCUT2D eigenvalue weighted by atomic mass is 32.1. The number of hydrogen-bond donors (Lipinski definition) is 8. The van der Waals surface area contributed by atoms with Gasteiger partial charge in [-0.25, -0.2) is 4.79 Å². The summed E-state index contributed by atoms with van der Waals surface area (Å²) in [5, 5.41) is 18.2. The number of H-pyrrole nitrogens is 1. The molecule has 13 heteroatoms. The maximum Gasteiger partial charge on any atom is 0.326 e. The van der Waals surface area contributed by atoms with Crippen molar-refractivity contribution in [1.82, 2.24) is 20.9 Å². The molecule has 0 aliphatic heterocycles. The van der Waals surface area contributed by atoms with E-state index in [1.807, 2.05) is 24.3 Å². The van der Waals surface area contributed by atoms with Gasteiger partial charge in [0.05, 0.1) is 6.04 Å². The summed E-state index contributed by atoms with van der Waals surface area (Å²) >= 11 is 4.04. The van der Waals surface area contributed by atoms with Crippen LogP contribution in [0, 0.1) is 0 Å². The zero-order valence-electron chi connectivity index (χ0n) is 22.2. The summed E-state index contributed by atoms with van der Waals surface area (Å²) in [6.45, 7) is 0. The number of para-hydroxylation sites is 1. The first kappa shape index (κ1) is 31.2. The molecular weight excluding hydrogens is 548 g/mol. The number of carboxylic acid groups (broad SMARTS) is 1. The molecule has 0 radical (unpaired) electrons. The second kappa shape index (κ2) is 14.9. The molecule has 4 amide bonds. The third kappa shape index (κ3) is 9.08. The highest BCUT2D eigenvalue weighted by molar-refractivity contribution is 7.80. The Morgan fingerprint density at radius 3 is 2.10 bits per heavy atom. The number of amides is 4. The van der Waals surface area contributed by atoms with Gasteiger partial charge in [0.25, 0.3) is 0 Å². The highest BCUT2D eigenvalue weighted by Gasteiger charge is 2.31. The van der Waals surface area contributed by atoms with Crippen LogP contribution in [0.1, 0.15) is 24.0 Å². The second-order valence-electron chi connectivity index (χ2n) is 9.57. The Kier molecular flexibility index (Phi) is 11.3. The Bertz CT molecular complexity index is 1380. The van der Waals surface area contributed by atoms with Crippen LogP contribution in [0.5, 0.6) is 0 Å². The fourth-order valence-corrected chi connectivity index (χ4v) is 4.41. The molecule has 9 N–H and O–H groups in total. The number of benzene rings is 2. The summed E-state index contributed by atoms with van der Waals surface area (Å²) in [5.74, 6) is -4.10. The number of thiol groups is 1. The molecular formula is C28H34N6O6S. The highest BCUT2D eigenvalue weighted by Crippen LogP contribution is 2.19. The van der Waals surface area contributed by atoms with E-state index >= 15 is 0 Å². The fourth-order valence-electron chi connectivity index (χ4n) is 4.24. The molecule has 0 saturated heterocycles. The van der Waals surface area contributed by atoms with Gasteiger partial charge in [0.2, 0.25) is 23.6 Å². The zero-order chi connectivity index (χ0) is 29.9. The molecule has 218 valence electrons. The molecule has 2 aromatic carbocycles. The molecule has 0 spiro atoms. The molecule has 41 heavy (non-hydrogen) atoms. The number of nitrogens with one attached hydrogen (secondary N) is 4. The summed E-state index contributed by atoms with van der Waals surface area (Å²) in [6, 6.07) is 11.4. The van der Waals surface area contributed by atoms with Gasteiger partial charge < -0.3 is 37.5 Å². The van der Waals surface area contributed by atoms with E-state index in [4.69, 9.17) is 11.5 Å². The average Bonchev–Trinajstić information content (AvgIpc) is 3.36. The van der Waals surface area contributed by atoms with Crippen LogP contribution in [0.25, 0.3) is 10.9 Å². The molecule has 1 heterocycles. The summed E-state index contributed by atoms with van der Waals surface area (Å²) in [6.07, 6.45) is 1.33. The molecule has 4 unspecified atom stereocenters. The minimum absolute atomic E-state index is 0.000733. The number of primary amides is 1. The van der Waals surface area contributed by atoms with E-state index in [9.17, 15) is 29.1 Å². The van der Waals surface area contributed by atoms with Gasteiger partial charge in [-0.1, -0.05) is 48.5 Å². The maximum absolute atomic E-state index is 13.5. The summed E-state index contributed by atoms with van der Waals surface area (Å²) < 4.78 is 0. The van der Waals surface area contributed by atoms with Crippen molar-refractivity contribution in [1.29, 1.82) is 0 Å². The number of aromatic nitrogens is 1. The van der Waals surface area contributed by atoms with Gasteiger partial charge >= 0.3 is 5.97 Å². The normalized spacial score (nSPS) is 13.9. The largest absolute Gasteiger partial charge is 0.480 e. The molecule has 0 bridgehead atoms. The molecule has 12 nitrogen and oxygen atoms in total. The van der Waals surface area contributed by atoms with Gasteiger partial charge in [0.15, 0.2) is 0 Å². The Morgan fingerprint density at radius 2 is 1.44 bits per heavy atom. The van der Waals surface area contributed by atoms with E-state index < -0.39 is 53.8 Å². The molecule has 3 rings (SSSR count). The van der Waals surface area contributed by atoms with E-state index in [-0.39, 0.29) is 31.4 Å². The van der Waals surface area contributed by atoms with Crippen LogP contribution < -0.4 is 27.4 Å². The van der Waals surface area contributed by atoms with E-state index in [1.165, 1.54) is 0 Å². The lowest BCUT2D eigenvalue weighted by Crippen LogP contribution is -2.58. The van der Waals surface area contributed by atoms with E-state index in [0.29, 0.717) is 5.56 Å². The van der Waals surface area contributed by atoms with Crippen LogP contribution in [0.2, 0.25) is 0 Å². The van der Waals surface area contributed by atoms with Crippen LogP contribution in [0.4, 0.5) is 0 Å². The molecule has 0 saturated carbocycles. The van der Waals surface area contributed by atoms with Gasteiger partial charge in [-0.3, -0.25) is 19.2 Å². The van der Waals surface area contributed by atoms with Gasteiger partial charge in [-0.2, -0.15) is 12.6 Å². The number of carboxylic acids is 1. The first-order valence-corrected chi connectivity index (χ1v) is 13.6. The summed E-state index contributed by atoms with van der Waals surface area (Å²) in [5.41, 5.74) is 13.3. The van der Waals surface area contributed by atoms with Crippen LogP contribution in [0.15, 0.2) is 60.8 Å². The van der Waals surface area contributed by atoms with Crippen LogP contribution in [-0.2, 0) is 36.8 Å². The van der Waals surface area contributed by atoms with Gasteiger partial charge in [0.1, 0.15) is 18.1 Å². The monoisotopic (exact) mass is 582 g/mol. The Labute approximate surface area is 242 Å². The number of carbonyl (C=O) groups excluding carboxylic acids is 4. The van der Waals surface area contributed by atoms with Crippen LogP contribution >= 0.6 is 12.6 Å². The number of rotatable bonds is 15. The fraction of sp³-hybridized carbons (Fsp3) is 0.321. The second-order valence-corrected chi connectivity index (χ2v) is 9.93. The molecule has 0 fully saturated rings. The third-order valence-corrected chi connectivity index (χ3v) is 6.87. The lowest BCUT2D eigenvalue weighted by atomic mass is 10.0. The molecule has 4 atom stereocenters. The predicted octanol–water partition coefficient (Wildman–Crippen LogP) is 0.0147. The standard InChI is InChI=1S/C28H34N6O6S/c29-19(15-41)25(36)33-22(13-17-14-31-20-9-5-4-8-18(17)20)27(38)32-21(10-11-24(30)35)26(37)34-23(28(39)40)12-16-6-2-1-3-7-16/h1-9,14,19,21-23,31,41H,10-13,15,29H2,(H2,30,35)(H,32,38)(H,33,36)(H,34,37)(H,39,40). The Balaban J connectivity index is 1.82. The molecule has 0 aliphatic rings. The SMILES string of the molecule is NC(=O)CCC(NC(=O)C(Cc1c[nH]c2ccccc12)NC(=O)C(N)CS)C(=O)NC(Cc1ccccc1)C(=O)O. The Hall–Kier alpha value is -4.36. The smallest absolute Gasteiger partial charge is 0.326 e. The third-order valence-electron chi connectivity index (χ3n) is 6.48. The van der Waals surface area contributed by atoms with E-state index in [2.05, 4.69) is 33.6 Å². The van der Waals surface area contributed by atoms with Gasteiger partial charge in [-0.05, 0) is 23.6 Å². The number of fused-ring (bicyclic) bond motifs is 1. The quantitative estimate of drug-likeness (QED) is 0.115. The van der Waals surface area contributed by atoms with Crippen molar-refractivity contribution in [2.45, 2.75) is 49.9 Å². The van der Waals surface area contributed by atoms with Crippen LogP contribution in [0.3, 0.4) is 0 Å². The number of nitrogens with two attached hydrogens (primary N) is 2. The number of aliphatic carboxylic acids is 1. The number of carbonyl (C=O) groups is 5. The van der Waals surface area contributed by atoms with Crippen molar-refractivity contribution >= 4 is 53.1 Å². The van der Waals surface area contributed by atoms with Crippen molar-refractivity contribution < 1.29 is 29.1 Å². The molecule has 0 aliphatic carbocycles. The van der Waals surface area contributed by atoms with Crippen LogP contribution in [-0.4, -0.2) is 69.6 Å². The van der Waals surface area contributed by atoms with Crippen molar-refractivity contribution in [3.8, 4) is 0 Å². The lowest BCUT2D eigenvalue weighted by molar-refractivity contribution is -0.142. The summed E-state index contributed by atoms with van der Waals surface area (Å²) in [7, 11) is 0. The predicted molar refractivity (Wildman–Crippen MR) is 156 cm³/mol. The van der Waals surface area contributed by atoms with Crippen molar-refractivity contribution in [3.63, 3.8) is 0 Å².